The van der Waals surface area contributed by atoms with Crippen LogP contribution in [0.15, 0.2) is 40.2 Å². The number of sulfone groups is 1. The van der Waals surface area contributed by atoms with E-state index < -0.39 is 9.84 Å². The summed E-state index contributed by atoms with van der Waals surface area (Å²) in [6.07, 6.45) is 1.50. The number of amides is 1. The van der Waals surface area contributed by atoms with Crippen LogP contribution in [0, 0.1) is 5.92 Å². The fourth-order valence-corrected chi connectivity index (χ4v) is 4.98. The Morgan fingerprint density at radius 1 is 1.24 bits per heavy atom. The predicted octanol–water partition coefficient (Wildman–Crippen LogP) is 2.05. The molecule has 1 aliphatic rings. The zero-order valence-electron chi connectivity index (χ0n) is 17.9. The summed E-state index contributed by atoms with van der Waals surface area (Å²) in [5, 5.41) is 6.66. The van der Waals surface area contributed by atoms with Gasteiger partial charge < -0.3 is 15.5 Å². The average Bonchev–Trinajstić information content (AvgIpc) is 3.15. The van der Waals surface area contributed by atoms with Gasteiger partial charge in [0.15, 0.2) is 15.8 Å². The minimum atomic E-state index is -3.39. The van der Waals surface area contributed by atoms with Gasteiger partial charge in [-0.05, 0) is 31.9 Å². The SMILES string of the molecule is CCN=C(NC1CCN(C(=O)C(C)C)C1)NC(CC)CS(=O)(=O)c1ccccc1. The second-order valence-corrected chi connectivity index (χ2v) is 9.77. The molecule has 1 aromatic carbocycles. The molecule has 1 aliphatic heterocycles. The van der Waals surface area contributed by atoms with Crippen molar-refractivity contribution in [1.29, 1.82) is 0 Å². The summed E-state index contributed by atoms with van der Waals surface area (Å²) in [4.78, 5) is 18.9. The molecule has 0 radical (unpaired) electrons. The maximum absolute atomic E-state index is 12.7. The molecular formula is C21H34N4O3S. The lowest BCUT2D eigenvalue weighted by molar-refractivity contribution is -0.133. The standard InChI is InChI=1S/C21H34N4O3S/c1-5-17(15-29(27,28)19-10-8-7-9-11-19)23-21(22-6-2)24-18-12-13-25(14-18)20(26)16(3)4/h7-11,16-18H,5-6,12-15H2,1-4H3,(H2,22,23,24). The first-order chi connectivity index (χ1) is 13.8. The Bertz CT molecular complexity index is 793. The molecule has 0 saturated carbocycles. The van der Waals surface area contributed by atoms with Crippen molar-refractivity contribution in [2.24, 2.45) is 10.9 Å². The van der Waals surface area contributed by atoms with Gasteiger partial charge in [0.05, 0.1) is 10.6 Å². The van der Waals surface area contributed by atoms with Crippen molar-refractivity contribution < 1.29 is 13.2 Å². The van der Waals surface area contributed by atoms with Gasteiger partial charge in [-0.15, -0.1) is 0 Å². The highest BCUT2D eigenvalue weighted by Crippen LogP contribution is 2.14. The maximum Gasteiger partial charge on any atom is 0.225 e. The van der Waals surface area contributed by atoms with Gasteiger partial charge in [0.1, 0.15) is 0 Å². The number of nitrogens with zero attached hydrogens (tertiary/aromatic N) is 2. The summed E-state index contributed by atoms with van der Waals surface area (Å²) in [6.45, 7) is 9.67. The second kappa shape index (κ2) is 10.6. The molecule has 2 rings (SSSR count). The van der Waals surface area contributed by atoms with Crippen LogP contribution in [0.3, 0.4) is 0 Å². The quantitative estimate of drug-likeness (QED) is 0.494. The first kappa shape index (κ1) is 23.2. The number of nitrogens with one attached hydrogen (secondary N) is 2. The van der Waals surface area contributed by atoms with Crippen molar-refractivity contribution in [2.45, 2.75) is 57.5 Å². The van der Waals surface area contributed by atoms with Crippen LogP contribution in [0.5, 0.6) is 0 Å². The monoisotopic (exact) mass is 422 g/mol. The van der Waals surface area contributed by atoms with Crippen molar-refractivity contribution in [3.63, 3.8) is 0 Å². The number of benzene rings is 1. The highest BCUT2D eigenvalue weighted by atomic mass is 32.2. The first-order valence-corrected chi connectivity index (χ1v) is 12.1. The predicted molar refractivity (Wildman–Crippen MR) is 117 cm³/mol. The third kappa shape index (κ3) is 6.73. The van der Waals surface area contributed by atoms with Crippen LogP contribution in [0.4, 0.5) is 0 Å². The zero-order valence-corrected chi connectivity index (χ0v) is 18.7. The van der Waals surface area contributed by atoms with Crippen molar-refractivity contribution in [2.75, 3.05) is 25.4 Å². The number of rotatable bonds is 8. The van der Waals surface area contributed by atoms with Gasteiger partial charge in [0.2, 0.25) is 5.91 Å². The van der Waals surface area contributed by atoms with Gasteiger partial charge in [-0.1, -0.05) is 39.0 Å². The van der Waals surface area contributed by atoms with Crippen LogP contribution in [0.1, 0.15) is 40.5 Å². The van der Waals surface area contributed by atoms with E-state index in [9.17, 15) is 13.2 Å². The zero-order chi connectivity index (χ0) is 21.4. The van der Waals surface area contributed by atoms with Crippen LogP contribution in [-0.4, -0.2) is 62.7 Å². The lowest BCUT2D eigenvalue weighted by Gasteiger charge is -2.24. The third-order valence-electron chi connectivity index (χ3n) is 5.01. The molecule has 7 nitrogen and oxygen atoms in total. The molecule has 162 valence electrons. The summed E-state index contributed by atoms with van der Waals surface area (Å²) < 4.78 is 25.4. The van der Waals surface area contributed by atoms with Crippen molar-refractivity contribution in [1.82, 2.24) is 15.5 Å². The molecule has 1 aromatic rings. The van der Waals surface area contributed by atoms with E-state index in [0.717, 1.165) is 13.0 Å². The normalized spacial score (nSPS) is 18.7. The number of carbonyl (C=O) groups excluding carboxylic acids is 1. The molecule has 2 unspecified atom stereocenters. The van der Waals surface area contributed by atoms with Gasteiger partial charge in [0, 0.05) is 37.6 Å². The molecular weight excluding hydrogens is 388 g/mol. The van der Waals surface area contributed by atoms with E-state index in [1.54, 1.807) is 30.3 Å². The molecule has 2 N–H and O–H groups in total. The van der Waals surface area contributed by atoms with Gasteiger partial charge in [0.25, 0.3) is 0 Å². The Kier molecular flexibility index (Phi) is 8.49. The van der Waals surface area contributed by atoms with E-state index in [1.807, 2.05) is 32.6 Å². The highest BCUT2D eigenvalue weighted by Gasteiger charge is 2.28. The molecule has 29 heavy (non-hydrogen) atoms. The molecule has 1 saturated heterocycles. The van der Waals surface area contributed by atoms with E-state index in [1.165, 1.54) is 0 Å². The topological polar surface area (TPSA) is 90.9 Å². The Hall–Kier alpha value is -2.09. The summed E-state index contributed by atoms with van der Waals surface area (Å²) in [7, 11) is -3.39. The van der Waals surface area contributed by atoms with Crippen LogP contribution in [0.25, 0.3) is 0 Å². The highest BCUT2D eigenvalue weighted by molar-refractivity contribution is 7.91. The van der Waals surface area contributed by atoms with Gasteiger partial charge in [-0.2, -0.15) is 0 Å². The Labute approximate surface area is 174 Å². The molecule has 0 aromatic heterocycles. The number of hydrogen-bond acceptors (Lipinski definition) is 4. The maximum atomic E-state index is 12.7. The number of aliphatic imine (C=N–C) groups is 1. The van der Waals surface area contributed by atoms with Gasteiger partial charge in [-0.25, -0.2) is 8.42 Å². The van der Waals surface area contributed by atoms with Crippen LogP contribution < -0.4 is 10.6 Å². The lowest BCUT2D eigenvalue weighted by atomic mass is 10.2. The summed E-state index contributed by atoms with van der Waals surface area (Å²) in [5.41, 5.74) is 0. The molecule has 0 spiro atoms. The molecule has 1 amide bonds. The summed E-state index contributed by atoms with van der Waals surface area (Å²) in [5.74, 6) is 0.756. The van der Waals surface area contributed by atoms with Crippen LogP contribution in [-0.2, 0) is 14.6 Å². The largest absolute Gasteiger partial charge is 0.353 e. The third-order valence-corrected chi connectivity index (χ3v) is 6.84. The molecule has 0 bridgehead atoms. The van der Waals surface area contributed by atoms with E-state index in [4.69, 9.17) is 0 Å². The minimum Gasteiger partial charge on any atom is -0.353 e. The fraction of sp³-hybridized carbons (Fsp3) is 0.619. The van der Waals surface area contributed by atoms with Crippen molar-refractivity contribution in [3.05, 3.63) is 30.3 Å². The molecule has 0 aliphatic carbocycles. The summed E-state index contributed by atoms with van der Waals surface area (Å²) in [6, 6.07) is 8.38. The van der Waals surface area contributed by atoms with Crippen LogP contribution >= 0.6 is 0 Å². The second-order valence-electron chi connectivity index (χ2n) is 7.74. The number of carbonyl (C=O) groups is 1. The Morgan fingerprint density at radius 3 is 2.52 bits per heavy atom. The lowest BCUT2D eigenvalue weighted by Crippen LogP contribution is -2.50. The Morgan fingerprint density at radius 2 is 1.93 bits per heavy atom. The van der Waals surface area contributed by atoms with Crippen LogP contribution in [0.2, 0.25) is 0 Å². The molecule has 2 atom stereocenters. The molecule has 8 heteroatoms. The van der Waals surface area contributed by atoms with E-state index in [0.29, 0.717) is 30.4 Å². The Balaban J connectivity index is 2.00. The number of hydrogen-bond donors (Lipinski definition) is 2. The smallest absolute Gasteiger partial charge is 0.225 e. The number of likely N-dealkylation sites (tertiary alicyclic amines) is 1. The van der Waals surface area contributed by atoms with E-state index >= 15 is 0 Å². The first-order valence-electron chi connectivity index (χ1n) is 10.4. The molecule has 1 heterocycles. The van der Waals surface area contributed by atoms with Gasteiger partial charge in [-0.3, -0.25) is 9.79 Å². The minimum absolute atomic E-state index is 0.000550. The average molecular weight is 423 g/mol. The van der Waals surface area contributed by atoms with Crippen molar-refractivity contribution in [3.8, 4) is 0 Å². The van der Waals surface area contributed by atoms with Crippen molar-refractivity contribution >= 4 is 21.7 Å². The molecule has 1 fully saturated rings. The van der Waals surface area contributed by atoms with E-state index in [-0.39, 0.29) is 29.7 Å². The fourth-order valence-electron chi connectivity index (χ4n) is 3.37. The van der Waals surface area contributed by atoms with Gasteiger partial charge >= 0.3 is 0 Å². The summed E-state index contributed by atoms with van der Waals surface area (Å²) >= 11 is 0. The number of guanidine groups is 1. The van der Waals surface area contributed by atoms with E-state index in [2.05, 4.69) is 15.6 Å².